The number of carboxylic acid groups (broad SMARTS) is 1. The molecule has 0 spiro atoms. The molecule has 3 nitrogen and oxygen atoms in total. The van der Waals surface area contributed by atoms with Gasteiger partial charge in [-0.15, -0.1) is 0 Å². The predicted molar refractivity (Wildman–Crippen MR) is 82.2 cm³/mol. The van der Waals surface area contributed by atoms with Crippen LogP contribution in [0.5, 0.6) is 0 Å². The Morgan fingerprint density at radius 2 is 2.14 bits per heavy atom. The molecule has 0 amide bonds. The van der Waals surface area contributed by atoms with Gasteiger partial charge in [-0.05, 0) is 48.2 Å². The number of hydrogen-bond acceptors (Lipinski definition) is 2. The minimum absolute atomic E-state index is 0.00366. The zero-order valence-corrected chi connectivity index (χ0v) is 12.7. The van der Waals surface area contributed by atoms with Crippen molar-refractivity contribution in [1.29, 1.82) is 0 Å². The lowest BCUT2D eigenvalue weighted by Crippen LogP contribution is -2.09. The van der Waals surface area contributed by atoms with Crippen molar-refractivity contribution in [3.05, 3.63) is 63.4 Å². The number of rotatable bonds is 3. The van der Waals surface area contributed by atoms with Crippen molar-refractivity contribution >= 4 is 27.6 Å². The number of nitrogens with one attached hydrogen (secondary N) is 1. The van der Waals surface area contributed by atoms with Gasteiger partial charge in [0.25, 0.3) is 0 Å². The Hall–Kier alpha value is -1.88. The first-order valence-corrected chi connectivity index (χ1v) is 7.42. The summed E-state index contributed by atoms with van der Waals surface area (Å²) in [6.07, 6.45) is 1.77. The fraction of sp³-hybridized carbons (Fsp3) is 0.188. The zero-order chi connectivity index (χ0) is 15.0. The van der Waals surface area contributed by atoms with Crippen molar-refractivity contribution in [3.8, 4) is 0 Å². The highest BCUT2D eigenvalue weighted by atomic mass is 79.9. The van der Waals surface area contributed by atoms with Crippen molar-refractivity contribution in [1.82, 2.24) is 0 Å². The molecule has 0 fully saturated rings. The van der Waals surface area contributed by atoms with E-state index in [1.54, 1.807) is 0 Å². The van der Waals surface area contributed by atoms with E-state index in [0.717, 1.165) is 22.9 Å². The summed E-state index contributed by atoms with van der Waals surface area (Å²) in [6.45, 7) is 0. The van der Waals surface area contributed by atoms with Crippen molar-refractivity contribution in [2.24, 2.45) is 0 Å². The molecule has 108 valence electrons. The SMILES string of the molecule is O=C(O)c1ccc(F)c(NC2CCc3c(Br)cccc32)c1. The highest BCUT2D eigenvalue weighted by molar-refractivity contribution is 9.10. The molecule has 0 heterocycles. The average molecular weight is 350 g/mol. The molecule has 1 unspecified atom stereocenters. The molecule has 0 radical (unpaired) electrons. The largest absolute Gasteiger partial charge is 0.478 e. The standard InChI is InChI=1S/C16H13BrFNO2/c17-12-3-1-2-11-10(12)5-7-14(11)19-15-8-9(16(20)21)4-6-13(15)18/h1-4,6,8,14,19H,5,7H2,(H,20,21). The van der Waals surface area contributed by atoms with Gasteiger partial charge in [0.05, 0.1) is 17.3 Å². The van der Waals surface area contributed by atoms with E-state index in [4.69, 9.17) is 5.11 Å². The molecule has 1 atom stereocenters. The summed E-state index contributed by atoms with van der Waals surface area (Å²) in [7, 11) is 0. The van der Waals surface area contributed by atoms with Gasteiger partial charge in [-0.2, -0.15) is 0 Å². The molecule has 2 aromatic carbocycles. The third-order valence-electron chi connectivity index (χ3n) is 3.76. The first-order chi connectivity index (χ1) is 10.1. The van der Waals surface area contributed by atoms with E-state index in [-0.39, 0.29) is 17.3 Å². The third kappa shape index (κ3) is 2.65. The van der Waals surface area contributed by atoms with Crippen LogP contribution in [0.25, 0.3) is 0 Å². The number of anilines is 1. The van der Waals surface area contributed by atoms with Gasteiger partial charge in [0, 0.05) is 4.47 Å². The second-order valence-electron chi connectivity index (χ2n) is 5.04. The molecule has 0 saturated heterocycles. The molecule has 0 aromatic heterocycles. The van der Waals surface area contributed by atoms with E-state index in [9.17, 15) is 9.18 Å². The van der Waals surface area contributed by atoms with Gasteiger partial charge in [-0.25, -0.2) is 9.18 Å². The van der Waals surface area contributed by atoms with Crippen molar-refractivity contribution in [3.63, 3.8) is 0 Å². The van der Waals surface area contributed by atoms with E-state index in [1.807, 2.05) is 18.2 Å². The topological polar surface area (TPSA) is 49.3 Å². The molecule has 21 heavy (non-hydrogen) atoms. The first-order valence-electron chi connectivity index (χ1n) is 6.63. The van der Waals surface area contributed by atoms with Crippen LogP contribution in [0, 0.1) is 5.82 Å². The number of carbonyl (C=O) groups is 1. The monoisotopic (exact) mass is 349 g/mol. The van der Waals surface area contributed by atoms with Crippen LogP contribution in [-0.2, 0) is 6.42 Å². The van der Waals surface area contributed by atoms with Crippen LogP contribution in [0.3, 0.4) is 0 Å². The summed E-state index contributed by atoms with van der Waals surface area (Å²) in [4.78, 5) is 11.0. The quantitative estimate of drug-likeness (QED) is 0.863. The Bertz CT molecular complexity index is 717. The number of carboxylic acids is 1. The maximum Gasteiger partial charge on any atom is 0.335 e. The van der Waals surface area contributed by atoms with Crippen LogP contribution < -0.4 is 5.32 Å². The van der Waals surface area contributed by atoms with Crippen LogP contribution in [0.4, 0.5) is 10.1 Å². The van der Waals surface area contributed by atoms with Crippen molar-refractivity contribution in [2.75, 3.05) is 5.32 Å². The maximum atomic E-state index is 13.9. The molecule has 5 heteroatoms. The van der Waals surface area contributed by atoms with E-state index in [2.05, 4.69) is 21.2 Å². The summed E-state index contributed by atoms with van der Waals surface area (Å²) in [5, 5.41) is 12.1. The van der Waals surface area contributed by atoms with Crippen LogP contribution in [0.15, 0.2) is 40.9 Å². The van der Waals surface area contributed by atoms with Gasteiger partial charge < -0.3 is 10.4 Å². The highest BCUT2D eigenvalue weighted by Gasteiger charge is 2.24. The Labute approximate surface area is 129 Å². The van der Waals surface area contributed by atoms with Gasteiger partial charge in [0.1, 0.15) is 5.82 Å². The number of hydrogen-bond donors (Lipinski definition) is 2. The zero-order valence-electron chi connectivity index (χ0n) is 11.1. The minimum atomic E-state index is -1.06. The van der Waals surface area contributed by atoms with E-state index >= 15 is 0 Å². The van der Waals surface area contributed by atoms with Crippen LogP contribution in [-0.4, -0.2) is 11.1 Å². The third-order valence-corrected chi connectivity index (χ3v) is 4.50. The Kier molecular flexibility index (Phi) is 3.68. The van der Waals surface area contributed by atoms with E-state index in [0.29, 0.717) is 0 Å². The Balaban J connectivity index is 1.91. The van der Waals surface area contributed by atoms with Gasteiger partial charge >= 0.3 is 5.97 Å². The lowest BCUT2D eigenvalue weighted by Gasteiger charge is -2.16. The lowest BCUT2D eigenvalue weighted by molar-refractivity contribution is 0.0697. The fourth-order valence-corrected chi connectivity index (χ4v) is 3.30. The van der Waals surface area contributed by atoms with Crippen LogP contribution >= 0.6 is 15.9 Å². The average Bonchev–Trinajstić information content (AvgIpc) is 2.86. The molecule has 3 rings (SSSR count). The lowest BCUT2D eigenvalue weighted by atomic mass is 10.1. The Morgan fingerprint density at radius 1 is 1.33 bits per heavy atom. The number of benzene rings is 2. The summed E-state index contributed by atoms with van der Waals surface area (Å²) in [6, 6.07) is 9.75. The number of halogens is 2. The van der Waals surface area contributed by atoms with Crippen molar-refractivity contribution < 1.29 is 14.3 Å². The summed E-state index contributed by atoms with van der Waals surface area (Å²) >= 11 is 3.53. The molecule has 1 aliphatic rings. The van der Waals surface area contributed by atoms with Crippen molar-refractivity contribution in [2.45, 2.75) is 18.9 Å². The molecule has 2 aromatic rings. The summed E-state index contributed by atoms with van der Waals surface area (Å²) < 4.78 is 14.9. The maximum absolute atomic E-state index is 13.9. The normalized spacial score (nSPS) is 16.6. The van der Waals surface area contributed by atoms with Gasteiger partial charge in [0.2, 0.25) is 0 Å². The number of fused-ring (bicyclic) bond motifs is 1. The molecule has 0 bridgehead atoms. The molecule has 0 aliphatic heterocycles. The molecular formula is C16H13BrFNO2. The van der Waals surface area contributed by atoms with E-state index < -0.39 is 11.8 Å². The Morgan fingerprint density at radius 3 is 2.90 bits per heavy atom. The second kappa shape index (κ2) is 5.48. The molecule has 1 aliphatic carbocycles. The summed E-state index contributed by atoms with van der Waals surface area (Å²) in [5.74, 6) is -1.50. The fourth-order valence-electron chi connectivity index (χ4n) is 2.72. The molecule has 0 saturated carbocycles. The predicted octanol–water partition coefficient (Wildman–Crippen LogP) is 4.39. The minimum Gasteiger partial charge on any atom is -0.478 e. The van der Waals surface area contributed by atoms with E-state index in [1.165, 1.54) is 23.8 Å². The summed E-state index contributed by atoms with van der Waals surface area (Å²) in [5.41, 5.74) is 2.66. The van der Waals surface area contributed by atoms with Gasteiger partial charge in [-0.1, -0.05) is 28.1 Å². The molecular weight excluding hydrogens is 337 g/mol. The highest BCUT2D eigenvalue weighted by Crippen LogP contribution is 2.38. The van der Waals surface area contributed by atoms with Crippen LogP contribution in [0.1, 0.15) is 33.9 Å². The molecule has 2 N–H and O–H groups in total. The smallest absolute Gasteiger partial charge is 0.335 e. The second-order valence-corrected chi connectivity index (χ2v) is 5.90. The number of aromatic carboxylic acids is 1. The van der Waals surface area contributed by atoms with Crippen LogP contribution in [0.2, 0.25) is 0 Å². The first kappa shape index (κ1) is 14.1. The van der Waals surface area contributed by atoms with Gasteiger partial charge in [-0.3, -0.25) is 0 Å². The van der Waals surface area contributed by atoms with Gasteiger partial charge in [0.15, 0.2) is 0 Å².